The molecule has 9 heteroatoms. The van der Waals surface area contributed by atoms with Crippen molar-refractivity contribution in [1.29, 1.82) is 0 Å². The van der Waals surface area contributed by atoms with Gasteiger partial charge in [-0.15, -0.1) is 11.6 Å². The Bertz CT molecular complexity index is 1090. The first-order valence-corrected chi connectivity index (χ1v) is 13.9. The Labute approximate surface area is 229 Å². The standard InChI is InChI=1S/C29H37ClN2O6/c1-3-36-24-15-14-20(16-26(24)35-2)28(29(34)31-21-10-6-4-5-7-11-21)32(27(33)17-30)18-22-19-37-23-12-8-9-13-25(23)38-22/h8-9,12-16,21-22,28H,3-7,10-11,17-19H2,1-2H3,(H,31,34). The predicted molar refractivity (Wildman–Crippen MR) is 145 cm³/mol. The number of para-hydroxylation sites is 2. The first-order chi connectivity index (χ1) is 18.5. The monoisotopic (exact) mass is 544 g/mol. The number of hydrogen-bond donors (Lipinski definition) is 1. The molecule has 206 valence electrons. The number of methoxy groups -OCH3 is 1. The molecule has 2 unspecified atom stereocenters. The molecule has 0 aromatic heterocycles. The lowest BCUT2D eigenvalue weighted by Crippen LogP contribution is -2.51. The molecule has 0 saturated heterocycles. The zero-order valence-corrected chi connectivity index (χ0v) is 22.9. The highest BCUT2D eigenvalue weighted by atomic mass is 35.5. The topological polar surface area (TPSA) is 86.3 Å². The molecule has 1 heterocycles. The molecule has 2 aromatic rings. The highest BCUT2D eigenvalue weighted by Crippen LogP contribution is 2.35. The molecular weight excluding hydrogens is 508 g/mol. The van der Waals surface area contributed by atoms with E-state index in [0.29, 0.717) is 35.2 Å². The summed E-state index contributed by atoms with van der Waals surface area (Å²) >= 11 is 6.08. The summed E-state index contributed by atoms with van der Waals surface area (Å²) in [7, 11) is 1.55. The third-order valence-corrected chi connectivity index (χ3v) is 7.20. The van der Waals surface area contributed by atoms with Crippen LogP contribution in [0.25, 0.3) is 0 Å². The van der Waals surface area contributed by atoms with Crippen LogP contribution in [0.4, 0.5) is 0 Å². The van der Waals surface area contributed by atoms with E-state index in [0.717, 1.165) is 25.7 Å². The zero-order chi connectivity index (χ0) is 26.9. The Morgan fingerprint density at radius 3 is 2.50 bits per heavy atom. The van der Waals surface area contributed by atoms with Gasteiger partial charge < -0.3 is 29.2 Å². The fourth-order valence-corrected chi connectivity index (χ4v) is 5.26. The van der Waals surface area contributed by atoms with Crippen LogP contribution in [0, 0.1) is 0 Å². The number of carbonyl (C=O) groups is 2. The molecule has 0 bridgehead atoms. The Morgan fingerprint density at radius 2 is 1.82 bits per heavy atom. The van der Waals surface area contributed by atoms with Gasteiger partial charge in [0.15, 0.2) is 29.1 Å². The number of halogens is 1. The first-order valence-electron chi connectivity index (χ1n) is 13.4. The average molecular weight is 545 g/mol. The first kappa shape index (κ1) is 27.9. The number of nitrogens with one attached hydrogen (secondary N) is 1. The summed E-state index contributed by atoms with van der Waals surface area (Å²) in [6.45, 7) is 2.73. The van der Waals surface area contributed by atoms with Gasteiger partial charge in [0.1, 0.15) is 18.5 Å². The largest absolute Gasteiger partial charge is 0.493 e. The molecule has 1 aliphatic heterocycles. The van der Waals surface area contributed by atoms with Crippen LogP contribution in [0.5, 0.6) is 23.0 Å². The molecule has 1 fully saturated rings. The van der Waals surface area contributed by atoms with E-state index < -0.39 is 12.1 Å². The third kappa shape index (κ3) is 6.84. The fraction of sp³-hybridized carbons (Fsp3) is 0.517. The van der Waals surface area contributed by atoms with Crippen LogP contribution in [0.3, 0.4) is 0 Å². The molecular formula is C29H37ClN2O6. The normalized spacial score (nSPS) is 18.1. The molecule has 0 radical (unpaired) electrons. The van der Waals surface area contributed by atoms with Gasteiger partial charge in [-0.25, -0.2) is 0 Å². The van der Waals surface area contributed by atoms with Gasteiger partial charge in [0.05, 0.1) is 20.3 Å². The van der Waals surface area contributed by atoms with Gasteiger partial charge in [-0.1, -0.05) is 43.9 Å². The van der Waals surface area contributed by atoms with Crippen molar-refractivity contribution in [2.24, 2.45) is 0 Å². The second-order valence-corrected chi connectivity index (χ2v) is 9.89. The lowest BCUT2D eigenvalue weighted by Gasteiger charge is -2.36. The summed E-state index contributed by atoms with van der Waals surface area (Å²) in [5.41, 5.74) is 0.604. The molecule has 2 aliphatic rings. The van der Waals surface area contributed by atoms with Crippen molar-refractivity contribution in [1.82, 2.24) is 10.2 Å². The van der Waals surface area contributed by atoms with Crippen LogP contribution in [0.1, 0.15) is 57.1 Å². The minimum Gasteiger partial charge on any atom is -0.493 e. The van der Waals surface area contributed by atoms with Crippen LogP contribution < -0.4 is 24.3 Å². The maximum Gasteiger partial charge on any atom is 0.247 e. The summed E-state index contributed by atoms with van der Waals surface area (Å²) < 4.78 is 23.3. The molecule has 1 N–H and O–H groups in total. The number of nitrogens with zero attached hydrogens (tertiary/aromatic N) is 1. The summed E-state index contributed by atoms with van der Waals surface area (Å²) in [5.74, 6) is 1.41. The van der Waals surface area contributed by atoms with Crippen LogP contribution in [0.2, 0.25) is 0 Å². The summed E-state index contributed by atoms with van der Waals surface area (Å²) in [6, 6.07) is 11.8. The highest BCUT2D eigenvalue weighted by molar-refractivity contribution is 6.27. The number of amides is 2. The number of benzene rings is 2. The lowest BCUT2D eigenvalue weighted by molar-refractivity contribution is -0.141. The van der Waals surface area contributed by atoms with E-state index in [1.54, 1.807) is 25.3 Å². The van der Waals surface area contributed by atoms with Gasteiger partial charge >= 0.3 is 0 Å². The number of alkyl halides is 1. The number of fused-ring (bicyclic) bond motifs is 1. The average Bonchev–Trinajstić information content (AvgIpc) is 3.21. The van der Waals surface area contributed by atoms with Crippen molar-refractivity contribution in [2.45, 2.75) is 63.6 Å². The van der Waals surface area contributed by atoms with E-state index in [-0.39, 0.29) is 36.9 Å². The van der Waals surface area contributed by atoms with Crippen molar-refractivity contribution < 1.29 is 28.5 Å². The van der Waals surface area contributed by atoms with Crippen molar-refractivity contribution in [3.8, 4) is 23.0 Å². The maximum atomic E-state index is 13.9. The molecule has 2 aromatic carbocycles. The van der Waals surface area contributed by atoms with Crippen LogP contribution >= 0.6 is 11.6 Å². The second kappa shape index (κ2) is 13.6. The second-order valence-electron chi connectivity index (χ2n) is 9.62. The number of rotatable bonds is 10. The van der Waals surface area contributed by atoms with E-state index in [9.17, 15) is 9.59 Å². The number of carbonyl (C=O) groups excluding carboxylic acids is 2. The van der Waals surface area contributed by atoms with Crippen molar-refractivity contribution in [2.75, 3.05) is 32.7 Å². The number of ether oxygens (including phenoxy) is 4. The highest BCUT2D eigenvalue weighted by Gasteiger charge is 2.36. The van der Waals surface area contributed by atoms with Crippen LogP contribution in [-0.2, 0) is 9.59 Å². The molecule has 2 amide bonds. The van der Waals surface area contributed by atoms with Crippen molar-refractivity contribution in [3.63, 3.8) is 0 Å². The molecule has 1 aliphatic carbocycles. The van der Waals surface area contributed by atoms with Gasteiger partial charge in [0.2, 0.25) is 11.8 Å². The van der Waals surface area contributed by atoms with Gasteiger partial charge in [-0.2, -0.15) is 0 Å². The molecule has 8 nitrogen and oxygen atoms in total. The minimum atomic E-state index is -0.935. The summed E-state index contributed by atoms with van der Waals surface area (Å²) in [4.78, 5) is 28.7. The van der Waals surface area contributed by atoms with Gasteiger partial charge in [0, 0.05) is 6.04 Å². The minimum absolute atomic E-state index is 0.0613. The SMILES string of the molecule is CCOc1ccc(C(C(=O)NC2CCCCCC2)N(CC2COc3ccccc3O2)C(=O)CCl)cc1OC. The molecule has 1 saturated carbocycles. The van der Waals surface area contributed by atoms with Crippen molar-refractivity contribution >= 4 is 23.4 Å². The fourth-order valence-electron chi connectivity index (χ4n) is 5.11. The van der Waals surface area contributed by atoms with E-state index in [1.807, 2.05) is 31.2 Å². The molecule has 2 atom stereocenters. The number of hydrogen-bond acceptors (Lipinski definition) is 6. The van der Waals surface area contributed by atoms with Crippen molar-refractivity contribution in [3.05, 3.63) is 48.0 Å². The molecule has 38 heavy (non-hydrogen) atoms. The molecule has 0 spiro atoms. The van der Waals surface area contributed by atoms with Gasteiger partial charge in [-0.05, 0) is 49.6 Å². The van der Waals surface area contributed by atoms with E-state index in [2.05, 4.69) is 5.32 Å². The van der Waals surface area contributed by atoms with Gasteiger partial charge in [0.25, 0.3) is 0 Å². The van der Waals surface area contributed by atoms with Gasteiger partial charge in [-0.3, -0.25) is 9.59 Å². The zero-order valence-electron chi connectivity index (χ0n) is 22.1. The summed E-state index contributed by atoms with van der Waals surface area (Å²) in [6.07, 6.45) is 5.85. The third-order valence-electron chi connectivity index (χ3n) is 6.97. The Kier molecular flexibility index (Phi) is 9.98. The van der Waals surface area contributed by atoms with Crippen LogP contribution in [0.15, 0.2) is 42.5 Å². The Hall–Kier alpha value is -3.13. The Balaban J connectivity index is 1.66. The lowest BCUT2D eigenvalue weighted by atomic mass is 10.0. The van der Waals surface area contributed by atoms with E-state index in [4.69, 9.17) is 30.5 Å². The van der Waals surface area contributed by atoms with E-state index >= 15 is 0 Å². The maximum absolute atomic E-state index is 13.9. The molecule has 4 rings (SSSR count). The van der Waals surface area contributed by atoms with E-state index in [1.165, 1.54) is 17.7 Å². The van der Waals surface area contributed by atoms with Crippen LogP contribution in [-0.4, -0.2) is 61.6 Å². The Morgan fingerprint density at radius 1 is 1.08 bits per heavy atom. The smallest absolute Gasteiger partial charge is 0.247 e. The summed E-state index contributed by atoms with van der Waals surface area (Å²) in [5, 5.41) is 3.23. The predicted octanol–water partition coefficient (Wildman–Crippen LogP) is 4.88. The quantitative estimate of drug-likeness (QED) is 0.339.